The van der Waals surface area contributed by atoms with Crippen LogP contribution in [0.1, 0.15) is 36.4 Å². The Hall–Kier alpha value is -3.32. The monoisotopic (exact) mass is 475 g/mol. The number of carbonyl (C=O) groups excluding carboxylic acids is 1. The fourth-order valence-corrected chi connectivity index (χ4v) is 5.31. The molecule has 1 saturated carbocycles. The van der Waals surface area contributed by atoms with Crippen molar-refractivity contribution >= 4 is 29.5 Å². The van der Waals surface area contributed by atoms with E-state index in [4.69, 9.17) is 5.10 Å². The van der Waals surface area contributed by atoms with E-state index in [1.54, 1.807) is 35.5 Å². The Morgan fingerprint density at radius 2 is 1.76 bits per heavy atom. The minimum Gasteiger partial charge on any atom is -0.272 e. The lowest BCUT2D eigenvalue weighted by atomic mass is 9.77. The summed E-state index contributed by atoms with van der Waals surface area (Å²) in [5.74, 6) is -0.481. The van der Waals surface area contributed by atoms with Gasteiger partial charge in [0.25, 0.3) is 5.91 Å². The quantitative estimate of drug-likeness (QED) is 0.408. The average molecular weight is 476 g/mol. The largest absolute Gasteiger partial charge is 0.272 e. The maximum Gasteiger partial charge on any atom is 0.253 e. The van der Waals surface area contributed by atoms with Crippen LogP contribution in [0.2, 0.25) is 0 Å². The maximum absolute atomic E-state index is 13.6. The molecule has 0 saturated heterocycles. The van der Waals surface area contributed by atoms with Crippen molar-refractivity contribution in [1.82, 2.24) is 9.99 Å². The molecule has 1 fully saturated rings. The highest BCUT2D eigenvalue weighted by atomic mass is 32.2. The predicted molar refractivity (Wildman–Crippen MR) is 130 cm³/mol. The van der Waals surface area contributed by atoms with Crippen LogP contribution in [-0.4, -0.2) is 27.4 Å². The molecule has 0 spiro atoms. The van der Waals surface area contributed by atoms with Crippen LogP contribution < -0.4 is 0 Å². The number of hydrazone groups is 1. The van der Waals surface area contributed by atoms with E-state index in [0.29, 0.717) is 0 Å². The number of hydrogen-bond acceptors (Lipinski definition) is 4. The van der Waals surface area contributed by atoms with Crippen LogP contribution in [0.3, 0.4) is 0 Å². The molecule has 1 aliphatic heterocycles. The van der Waals surface area contributed by atoms with Crippen molar-refractivity contribution in [1.29, 1.82) is 0 Å². The Bertz CT molecular complexity index is 1230. The smallest absolute Gasteiger partial charge is 0.253 e. The third kappa shape index (κ3) is 4.80. The number of benzene rings is 2. The molecule has 7 heteroatoms. The number of hydrogen-bond donors (Lipinski definition) is 0. The minimum absolute atomic E-state index is 0.0229. The van der Waals surface area contributed by atoms with Crippen LogP contribution >= 0.6 is 11.8 Å². The molecule has 0 radical (unpaired) electrons. The number of rotatable bonds is 5. The Morgan fingerprint density at radius 1 is 1.03 bits per heavy atom. The lowest BCUT2D eigenvalue weighted by molar-refractivity contribution is -0.130. The van der Waals surface area contributed by atoms with Gasteiger partial charge in [0.05, 0.1) is 22.5 Å². The van der Waals surface area contributed by atoms with Crippen molar-refractivity contribution in [2.24, 2.45) is 11.0 Å². The summed E-state index contributed by atoms with van der Waals surface area (Å²) >= 11 is 1.37. The van der Waals surface area contributed by atoms with Gasteiger partial charge in [-0.1, -0.05) is 42.1 Å². The van der Waals surface area contributed by atoms with Crippen LogP contribution in [-0.2, 0) is 4.79 Å². The first-order chi connectivity index (χ1) is 16.6. The van der Waals surface area contributed by atoms with Crippen molar-refractivity contribution < 1.29 is 13.6 Å². The Morgan fingerprint density at radius 3 is 2.47 bits per heavy atom. The van der Waals surface area contributed by atoms with Gasteiger partial charge in [0.15, 0.2) is 0 Å². The van der Waals surface area contributed by atoms with Crippen molar-refractivity contribution in [3.8, 4) is 0 Å². The SMILES string of the molecule is O=C(CSc1ccccn1)N1N=C2C(=Cc3ccc(F)cc3)CCCC2C1c1ccc(F)cc1. The lowest BCUT2D eigenvalue weighted by Gasteiger charge is -2.29. The molecule has 3 aromatic rings. The molecule has 4 nitrogen and oxygen atoms in total. The van der Waals surface area contributed by atoms with Gasteiger partial charge in [0, 0.05) is 12.1 Å². The second-order valence-corrected chi connectivity index (χ2v) is 9.39. The Balaban J connectivity index is 1.47. The van der Waals surface area contributed by atoms with E-state index in [0.717, 1.165) is 46.7 Å². The number of nitrogens with zero attached hydrogens (tertiary/aromatic N) is 3. The fourth-order valence-electron chi connectivity index (χ4n) is 4.59. The summed E-state index contributed by atoms with van der Waals surface area (Å²) in [6.07, 6.45) is 6.42. The van der Waals surface area contributed by atoms with Crippen LogP contribution in [0.5, 0.6) is 0 Å². The molecular weight excluding hydrogens is 452 g/mol. The molecule has 2 aromatic carbocycles. The van der Waals surface area contributed by atoms with Gasteiger partial charge < -0.3 is 0 Å². The van der Waals surface area contributed by atoms with E-state index in [9.17, 15) is 13.6 Å². The van der Waals surface area contributed by atoms with Gasteiger partial charge in [-0.15, -0.1) is 0 Å². The number of thioether (sulfide) groups is 1. The zero-order chi connectivity index (χ0) is 23.5. The van der Waals surface area contributed by atoms with Gasteiger partial charge in [-0.05, 0) is 78.4 Å². The van der Waals surface area contributed by atoms with Gasteiger partial charge in [-0.25, -0.2) is 18.8 Å². The standard InChI is InChI=1S/C27H23F2N3OS/c28-21-11-7-18(8-12-21)16-20-4-3-5-23-26(20)31-32(27(23)19-9-13-22(29)14-10-19)25(33)17-34-24-6-1-2-15-30-24/h1-2,6-16,23,27H,3-5,17H2. The van der Waals surface area contributed by atoms with Crippen molar-refractivity contribution in [3.63, 3.8) is 0 Å². The number of pyridine rings is 1. The highest BCUT2D eigenvalue weighted by molar-refractivity contribution is 7.99. The number of allylic oxidation sites excluding steroid dienone is 1. The number of carbonyl (C=O) groups is 1. The zero-order valence-electron chi connectivity index (χ0n) is 18.4. The summed E-state index contributed by atoms with van der Waals surface area (Å²) in [6.45, 7) is 0. The van der Waals surface area contributed by atoms with Crippen LogP contribution in [0.4, 0.5) is 8.78 Å². The van der Waals surface area contributed by atoms with E-state index in [2.05, 4.69) is 4.98 Å². The Kier molecular flexibility index (Phi) is 6.54. The number of aromatic nitrogens is 1. The van der Waals surface area contributed by atoms with E-state index < -0.39 is 0 Å². The van der Waals surface area contributed by atoms with Gasteiger partial charge in [-0.2, -0.15) is 5.10 Å². The second kappa shape index (κ2) is 9.89. The highest BCUT2D eigenvalue weighted by Gasteiger charge is 2.43. The van der Waals surface area contributed by atoms with Crippen LogP contribution in [0.15, 0.2) is 88.6 Å². The Labute approximate surface area is 201 Å². The molecular formula is C27H23F2N3OS. The first-order valence-electron chi connectivity index (χ1n) is 11.2. The highest BCUT2D eigenvalue weighted by Crippen LogP contribution is 2.44. The molecule has 0 N–H and O–H groups in total. The summed E-state index contributed by atoms with van der Waals surface area (Å²) in [7, 11) is 0. The van der Waals surface area contributed by atoms with E-state index in [1.807, 2.05) is 24.3 Å². The first-order valence-corrected chi connectivity index (χ1v) is 12.2. The molecule has 172 valence electrons. The number of amides is 1. The minimum atomic E-state index is -0.313. The lowest BCUT2D eigenvalue weighted by Crippen LogP contribution is -2.32. The van der Waals surface area contributed by atoms with E-state index in [-0.39, 0.29) is 35.3 Å². The summed E-state index contributed by atoms with van der Waals surface area (Å²) in [5, 5.41) is 7.18. The van der Waals surface area contributed by atoms with Gasteiger partial charge >= 0.3 is 0 Å². The molecule has 2 atom stereocenters. The molecule has 1 amide bonds. The number of halogens is 2. The zero-order valence-corrected chi connectivity index (χ0v) is 19.2. The molecule has 2 heterocycles. The third-order valence-electron chi connectivity index (χ3n) is 6.16. The van der Waals surface area contributed by atoms with Crippen molar-refractivity contribution in [2.75, 3.05) is 5.75 Å². The fraction of sp³-hybridized carbons (Fsp3) is 0.222. The molecule has 1 aliphatic carbocycles. The molecule has 34 heavy (non-hydrogen) atoms. The van der Waals surface area contributed by atoms with Gasteiger partial charge in [-0.3, -0.25) is 4.79 Å². The summed E-state index contributed by atoms with van der Waals surface area (Å²) in [4.78, 5) is 17.6. The molecule has 5 rings (SSSR count). The summed E-state index contributed by atoms with van der Waals surface area (Å²) in [5.41, 5.74) is 3.71. The second-order valence-electron chi connectivity index (χ2n) is 8.40. The maximum atomic E-state index is 13.6. The first kappa shape index (κ1) is 22.5. The van der Waals surface area contributed by atoms with E-state index >= 15 is 0 Å². The number of fused-ring (bicyclic) bond motifs is 1. The normalized spacial score (nSPS) is 20.8. The molecule has 2 aliphatic rings. The summed E-state index contributed by atoms with van der Waals surface area (Å²) in [6, 6.07) is 18.0. The van der Waals surface area contributed by atoms with E-state index in [1.165, 1.54) is 36.0 Å². The van der Waals surface area contributed by atoms with Crippen LogP contribution in [0.25, 0.3) is 6.08 Å². The topological polar surface area (TPSA) is 45.6 Å². The van der Waals surface area contributed by atoms with Crippen molar-refractivity contribution in [3.05, 3.63) is 101 Å². The molecule has 1 aromatic heterocycles. The van der Waals surface area contributed by atoms with Gasteiger partial charge in [0.1, 0.15) is 11.6 Å². The van der Waals surface area contributed by atoms with Crippen LogP contribution in [0, 0.1) is 17.6 Å². The summed E-state index contributed by atoms with van der Waals surface area (Å²) < 4.78 is 27.0. The molecule has 2 unspecified atom stereocenters. The van der Waals surface area contributed by atoms with Crippen molar-refractivity contribution in [2.45, 2.75) is 30.3 Å². The third-order valence-corrected chi connectivity index (χ3v) is 7.09. The van der Waals surface area contributed by atoms with Gasteiger partial charge in [0.2, 0.25) is 0 Å². The predicted octanol–water partition coefficient (Wildman–Crippen LogP) is 6.28. The average Bonchev–Trinajstić information content (AvgIpc) is 3.26. The molecule has 0 bridgehead atoms.